The standard InChI is InChI=1S/C16H20N2OS/c1-10(2)13-7-5-12(6-8-13)9-14-11(3)17-16(20-4)18-15(14)19/h5-8,10H,9H2,1-4H3,(H,17,18,19). The van der Waals surface area contributed by atoms with E-state index in [4.69, 9.17) is 0 Å². The van der Waals surface area contributed by atoms with Crippen LogP contribution in [0.2, 0.25) is 0 Å². The minimum absolute atomic E-state index is 0.0326. The highest BCUT2D eigenvalue weighted by Gasteiger charge is 2.09. The first kappa shape index (κ1) is 14.9. The number of thioether (sulfide) groups is 1. The average molecular weight is 288 g/mol. The van der Waals surface area contributed by atoms with Gasteiger partial charge in [0.25, 0.3) is 5.56 Å². The Morgan fingerprint density at radius 3 is 2.40 bits per heavy atom. The van der Waals surface area contributed by atoms with Gasteiger partial charge in [-0.3, -0.25) is 4.79 Å². The summed E-state index contributed by atoms with van der Waals surface area (Å²) in [4.78, 5) is 19.3. The molecule has 0 aliphatic rings. The van der Waals surface area contributed by atoms with Gasteiger partial charge in [0.05, 0.1) is 0 Å². The van der Waals surface area contributed by atoms with Crippen molar-refractivity contribution < 1.29 is 0 Å². The van der Waals surface area contributed by atoms with Gasteiger partial charge in [-0.15, -0.1) is 0 Å². The highest BCUT2D eigenvalue weighted by atomic mass is 32.2. The lowest BCUT2D eigenvalue weighted by Gasteiger charge is -2.08. The lowest BCUT2D eigenvalue weighted by molar-refractivity contribution is 0.859. The number of hydrogen-bond acceptors (Lipinski definition) is 3. The largest absolute Gasteiger partial charge is 0.301 e. The first-order valence-electron chi connectivity index (χ1n) is 6.74. The summed E-state index contributed by atoms with van der Waals surface area (Å²) < 4.78 is 0. The summed E-state index contributed by atoms with van der Waals surface area (Å²) in [6, 6.07) is 8.45. The number of hydrogen-bond donors (Lipinski definition) is 1. The van der Waals surface area contributed by atoms with Crippen molar-refractivity contribution in [1.82, 2.24) is 9.97 Å². The lowest BCUT2D eigenvalue weighted by atomic mass is 9.99. The van der Waals surface area contributed by atoms with Crippen LogP contribution in [0.5, 0.6) is 0 Å². The van der Waals surface area contributed by atoms with Crippen LogP contribution in [0.4, 0.5) is 0 Å². The molecule has 0 saturated heterocycles. The molecule has 2 aromatic rings. The second kappa shape index (κ2) is 6.27. The molecule has 1 aromatic heterocycles. The predicted molar refractivity (Wildman–Crippen MR) is 84.7 cm³/mol. The fraction of sp³-hybridized carbons (Fsp3) is 0.375. The highest BCUT2D eigenvalue weighted by molar-refractivity contribution is 7.98. The van der Waals surface area contributed by atoms with Crippen molar-refractivity contribution in [2.24, 2.45) is 0 Å². The first-order chi connectivity index (χ1) is 9.51. The third-order valence-electron chi connectivity index (χ3n) is 3.42. The van der Waals surface area contributed by atoms with Crippen molar-refractivity contribution in [3.05, 3.63) is 57.0 Å². The van der Waals surface area contributed by atoms with Crippen LogP contribution in [-0.4, -0.2) is 16.2 Å². The van der Waals surface area contributed by atoms with Gasteiger partial charge in [0.1, 0.15) is 0 Å². The van der Waals surface area contributed by atoms with E-state index in [-0.39, 0.29) is 5.56 Å². The summed E-state index contributed by atoms with van der Waals surface area (Å²) >= 11 is 1.45. The zero-order valence-corrected chi connectivity index (χ0v) is 13.2. The lowest BCUT2D eigenvalue weighted by Crippen LogP contribution is -2.17. The SMILES string of the molecule is CSc1nc(C)c(Cc2ccc(C(C)C)cc2)c(=O)[nH]1. The van der Waals surface area contributed by atoms with E-state index in [1.54, 1.807) is 0 Å². The van der Waals surface area contributed by atoms with Gasteiger partial charge in [0.2, 0.25) is 0 Å². The van der Waals surface area contributed by atoms with E-state index in [0.717, 1.165) is 16.8 Å². The molecule has 1 aromatic carbocycles. The summed E-state index contributed by atoms with van der Waals surface area (Å²) in [6.07, 6.45) is 2.53. The van der Waals surface area contributed by atoms with Crippen LogP contribution in [0, 0.1) is 6.92 Å². The number of aromatic nitrogens is 2. The van der Waals surface area contributed by atoms with Crippen LogP contribution in [-0.2, 0) is 6.42 Å². The van der Waals surface area contributed by atoms with Gasteiger partial charge in [0.15, 0.2) is 5.16 Å². The molecule has 0 fully saturated rings. The molecule has 20 heavy (non-hydrogen) atoms. The van der Waals surface area contributed by atoms with E-state index >= 15 is 0 Å². The van der Waals surface area contributed by atoms with Crippen molar-refractivity contribution in [1.29, 1.82) is 0 Å². The first-order valence-corrected chi connectivity index (χ1v) is 7.96. The second-order valence-corrected chi connectivity index (χ2v) is 6.01. The van der Waals surface area contributed by atoms with Crippen LogP contribution in [0.3, 0.4) is 0 Å². The number of nitrogens with zero attached hydrogens (tertiary/aromatic N) is 1. The van der Waals surface area contributed by atoms with Crippen molar-refractivity contribution in [2.75, 3.05) is 6.26 Å². The van der Waals surface area contributed by atoms with Crippen molar-refractivity contribution in [2.45, 2.75) is 38.3 Å². The fourth-order valence-corrected chi connectivity index (χ4v) is 2.54. The molecule has 0 aliphatic heterocycles. The summed E-state index contributed by atoms with van der Waals surface area (Å²) in [5, 5.41) is 0.673. The predicted octanol–water partition coefficient (Wildman–Crippen LogP) is 3.51. The Labute approximate surface area is 123 Å². The molecule has 0 unspecified atom stereocenters. The highest BCUT2D eigenvalue weighted by Crippen LogP contribution is 2.17. The molecule has 3 nitrogen and oxygen atoms in total. The smallest absolute Gasteiger partial charge is 0.255 e. The number of H-pyrrole nitrogens is 1. The van der Waals surface area contributed by atoms with Crippen molar-refractivity contribution in [3.8, 4) is 0 Å². The molecule has 0 radical (unpaired) electrons. The molecule has 0 spiro atoms. The van der Waals surface area contributed by atoms with Crippen LogP contribution in [0.25, 0.3) is 0 Å². The summed E-state index contributed by atoms with van der Waals surface area (Å²) in [5.41, 5.74) is 3.98. The number of aryl methyl sites for hydroxylation is 1. The number of nitrogens with one attached hydrogen (secondary N) is 1. The van der Waals surface area contributed by atoms with E-state index in [2.05, 4.69) is 48.1 Å². The van der Waals surface area contributed by atoms with Crippen molar-refractivity contribution >= 4 is 11.8 Å². The number of benzene rings is 1. The maximum absolute atomic E-state index is 12.1. The Balaban J connectivity index is 2.28. The second-order valence-electron chi connectivity index (χ2n) is 5.21. The summed E-state index contributed by atoms with van der Waals surface area (Å²) in [6.45, 7) is 6.25. The topological polar surface area (TPSA) is 45.8 Å². The average Bonchev–Trinajstić information content (AvgIpc) is 2.43. The Kier molecular flexibility index (Phi) is 4.65. The molecular weight excluding hydrogens is 268 g/mol. The molecule has 0 aliphatic carbocycles. The number of rotatable bonds is 4. The van der Waals surface area contributed by atoms with Gasteiger partial charge >= 0.3 is 0 Å². The third kappa shape index (κ3) is 3.31. The summed E-state index contributed by atoms with van der Waals surface area (Å²) in [5.74, 6) is 0.525. The van der Waals surface area contributed by atoms with Gasteiger partial charge in [-0.05, 0) is 30.2 Å². The monoisotopic (exact) mass is 288 g/mol. The maximum Gasteiger partial charge on any atom is 0.255 e. The van der Waals surface area contributed by atoms with Crippen LogP contribution < -0.4 is 5.56 Å². The molecule has 1 heterocycles. The Bertz CT molecular complexity index is 645. The van der Waals surface area contributed by atoms with Gasteiger partial charge in [-0.1, -0.05) is 49.9 Å². The van der Waals surface area contributed by atoms with E-state index in [1.807, 2.05) is 13.2 Å². The van der Waals surface area contributed by atoms with Gasteiger partial charge < -0.3 is 4.98 Å². The van der Waals surface area contributed by atoms with Gasteiger partial charge in [-0.2, -0.15) is 0 Å². The zero-order chi connectivity index (χ0) is 14.7. The summed E-state index contributed by atoms with van der Waals surface area (Å²) in [7, 11) is 0. The van der Waals surface area contributed by atoms with E-state index in [1.165, 1.54) is 17.3 Å². The molecule has 106 valence electrons. The minimum Gasteiger partial charge on any atom is -0.301 e. The Morgan fingerprint density at radius 1 is 1.25 bits per heavy atom. The molecular formula is C16H20N2OS. The number of aromatic amines is 1. The van der Waals surface area contributed by atoms with Crippen LogP contribution >= 0.6 is 11.8 Å². The third-order valence-corrected chi connectivity index (χ3v) is 4.00. The minimum atomic E-state index is -0.0326. The van der Waals surface area contributed by atoms with Gasteiger partial charge in [0, 0.05) is 17.7 Å². The Morgan fingerprint density at radius 2 is 1.90 bits per heavy atom. The van der Waals surface area contributed by atoms with E-state index < -0.39 is 0 Å². The fourth-order valence-electron chi connectivity index (χ4n) is 2.11. The molecule has 0 atom stereocenters. The quantitative estimate of drug-likeness (QED) is 0.691. The van der Waals surface area contributed by atoms with Crippen LogP contribution in [0.1, 0.15) is 42.1 Å². The molecule has 2 rings (SSSR count). The molecule has 0 amide bonds. The molecule has 0 saturated carbocycles. The Hall–Kier alpha value is -1.55. The van der Waals surface area contributed by atoms with Crippen LogP contribution in [0.15, 0.2) is 34.2 Å². The van der Waals surface area contributed by atoms with E-state index in [9.17, 15) is 4.79 Å². The van der Waals surface area contributed by atoms with Crippen molar-refractivity contribution in [3.63, 3.8) is 0 Å². The van der Waals surface area contributed by atoms with E-state index in [0.29, 0.717) is 17.5 Å². The van der Waals surface area contributed by atoms with Gasteiger partial charge in [-0.25, -0.2) is 4.98 Å². The molecule has 4 heteroatoms. The maximum atomic E-state index is 12.1. The zero-order valence-electron chi connectivity index (χ0n) is 12.4. The molecule has 1 N–H and O–H groups in total. The molecule has 0 bridgehead atoms. The normalized spacial score (nSPS) is 11.1.